The predicted molar refractivity (Wildman–Crippen MR) is 79.2 cm³/mol. The number of carbonyl (C=O) groups is 3. The Labute approximate surface area is 126 Å². The highest BCUT2D eigenvalue weighted by Gasteiger charge is 2.31. The molecule has 0 heterocycles. The molecule has 7 heteroatoms. The lowest BCUT2D eigenvalue weighted by Crippen LogP contribution is -2.51. The average molecular weight is 301 g/mol. The molecule has 0 unspecified atom stereocenters. The molecule has 0 saturated heterocycles. The number of hydrogen-bond acceptors (Lipinski definition) is 4. The fraction of sp³-hybridized carbons (Fsp3) is 0.786. The van der Waals surface area contributed by atoms with E-state index in [1.54, 1.807) is 7.05 Å². The second kappa shape index (κ2) is 7.97. The van der Waals surface area contributed by atoms with Crippen LogP contribution < -0.4 is 5.73 Å². The number of likely N-dealkylation sites (N-methyl/N-ethyl adjacent to an activating group) is 2. The van der Waals surface area contributed by atoms with Crippen molar-refractivity contribution >= 4 is 17.7 Å². The molecule has 0 aliphatic rings. The van der Waals surface area contributed by atoms with Gasteiger partial charge >= 0.3 is 0 Å². The molecule has 0 aliphatic carbocycles. The van der Waals surface area contributed by atoms with Gasteiger partial charge in [0.05, 0.1) is 12.1 Å². The summed E-state index contributed by atoms with van der Waals surface area (Å²) in [5, 5.41) is 9.80. The van der Waals surface area contributed by atoms with Gasteiger partial charge in [0.25, 0.3) is 0 Å². The zero-order valence-corrected chi connectivity index (χ0v) is 13.5. The van der Waals surface area contributed by atoms with Gasteiger partial charge in [0.15, 0.2) is 0 Å². The lowest BCUT2D eigenvalue weighted by atomic mass is 9.97. The molecule has 0 rings (SSSR count). The Morgan fingerprint density at radius 1 is 1.19 bits per heavy atom. The molecule has 0 saturated carbocycles. The minimum atomic E-state index is -1.13. The number of aliphatic hydroxyl groups is 1. The van der Waals surface area contributed by atoms with Crippen molar-refractivity contribution in [1.82, 2.24) is 9.80 Å². The van der Waals surface area contributed by atoms with E-state index >= 15 is 0 Å². The number of rotatable bonds is 8. The molecule has 21 heavy (non-hydrogen) atoms. The van der Waals surface area contributed by atoms with Crippen LogP contribution in [-0.4, -0.2) is 64.9 Å². The number of hydrogen-bond donors (Lipinski definition) is 2. The van der Waals surface area contributed by atoms with Crippen molar-refractivity contribution in [3.8, 4) is 0 Å². The van der Waals surface area contributed by atoms with E-state index in [0.29, 0.717) is 12.8 Å². The Hall–Kier alpha value is -1.63. The van der Waals surface area contributed by atoms with Crippen LogP contribution in [0.4, 0.5) is 0 Å². The number of primary amides is 1. The van der Waals surface area contributed by atoms with E-state index in [0.717, 1.165) is 0 Å². The average Bonchev–Trinajstić information content (AvgIpc) is 2.33. The third kappa shape index (κ3) is 7.08. The van der Waals surface area contributed by atoms with Crippen LogP contribution in [0.3, 0.4) is 0 Å². The van der Waals surface area contributed by atoms with Crippen molar-refractivity contribution in [2.75, 3.05) is 20.6 Å². The molecule has 122 valence electrons. The minimum Gasteiger partial charge on any atom is -0.390 e. The highest BCUT2D eigenvalue weighted by molar-refractivity contribution is 5.89. The molecule has 1 atom stereocenters. The first-order valence-corrected chi connectivity index (χ1v) is 7.01. The summed E-state index contributed by atoms with van der Waals surface area (Å²) < 4.78 is 0. The first kappa shape index (κ1) is 19.4. The zero-order valence-electron chi connectivity index (χ0n) is 13.5. The van der Waals surface area contributed by atoms with E-state index in [2.05, 4.69) is 0 Å². The van der Waals surface area contributed by atoms with Crippen LogP contribution in [0, 0.1) is 0 Å². The van der Waals surface area contributed by atoms with Gasteiger partial charge in [-0.05, 0) is 20.3 Å². The van der Waals surface area contributed by atoms with E-state index < -0.39 is 23.5 Å². The molecule has 0 aromatic heterocycles. The van der Waals surface area contributed by atoms with E-state index in [4.69, 9.17) is 5.73 Å². The maximum atomic E-state index is 12.1. The SMILES string of the molecule is CCCC(=O)N(C)CC(=O)N(C)[C@@H](CC(C)(C)O)C(N)=O. The Kier molecular flexibility index (Phi) is 7.35. The van der Waals surface area contributed by atoms with Crippen molar-refractivity contribution in [3.05, 3.63) is 0 Å². The largest absolute Gasteiger partial charge is 0.390 e. The maximum Gasteiger partial charge on any atom is 0.242 e. The van der Waals surface area contributed by atoms with E-state index in [1.807, 2.05) is 6.92 Å². The van der Waals surface area contributed by atoms with Gasteiger partial charge in [-0.25, -0.2) is 0 Å². The summed E-state index contributed by atoms with van der Waals surface area (Å²) in [6, 6.07) is -0.910. The van der Waals surface area contributed by atoms with Crippen molar-refractivity contribution in [1.29, 1.82) is 0 Å². The molecule has 0 fully saturated rings. The molecule has 0 aromatic rings. The van der Waals surface area contributed by atoms with Crippen LogP contribution in [0.5, 0.6) is 0 Å². The molecule has 0 spiro atoms. The molecular weight excluding hydrogens is 274 g/mol. The second-order valence-electron chi connectivity index (χ2n) is 5.94. The number of amides is 3. The summed E-state index contributed by atoms with van der Waals surface area (Å²) in [7, 11) is 2.99. The molecule has 7 nitrogen and oxygen atoms in total. The summed E-state index contributed by atoms with van der Waals surface area (Å²) in [4.78, 5) is 37.8. The molecule has 0 aliphatic heterocycles. The van der Waals surface area contributed by atoms with Crippen LogP contribution in [0.25, 0.3) is 0 Å². The first-order valence-electron chi connectivity index (χ1n) is 7.01. The molecule has 3 amide bonds. The highest BCUT2D eigenvalue weighted by atomic mass is 16.3. The van der Waals surface area contributed by atoms with E-state index in [9.17, 15) is 19.5 Å². The Balaban J connectivity index is 4.79. The molecule has 3 N–H and O–H groups in total. The van der Waals surface area contributed by atoms with Crippen LogP contribution in [0.15, 0.2) is 0 Å². The fourth-order valence-electron chi connectivity index (χ4n) is 1.88. The van der Waals surface area contributed by atoms with Crippen molar-refractivity contribution in [3.63, 3.8) is 0 Å². The summed E-state index contributed by atoms with van der Waals surface area (Å²) in [5.74, 6) is -1.21. The number of nitrogens with two attached hydrogens (primary N) is 1. The predicted octanol–water partition coefficient (Wildman–Crippen LogP) is -0.282. The quantitative estimate of drug-likeness (QED) is 0.643. The fourth-order valence-corrected chi connectivity index (χ4v) is 1.88. The van der Waals surface area contributed by atoms with Crippen molar-refractivity contribution in [2.24, 2.45) is 5.73 Å². The Morgan fingerprint density at radius 2 is 1.71 bits per heavy atom. The van der Waals surface area contributed by atoms with Crippen LogP contribution in [0.1, 0.15) is 40.0 Å². The third-order valence-electron chi connectivity index (χ3n) is 3.14. The Bertz CT molecular complexity index is 390. The standard InChI is InChI=1S/C14H27N3O4/c1-6-7-11(18)16(4)9-12(19)17(5)10(13(15)20)8-14(2,3)21/h10,21H,6-9H2,1-5H3,(H2,15,20)/t10-/m0/s1. The van der Waals surface area contributed by atoms with Gasteiger partial charge in [0.1, 0.15) is 6.04 Å². The topological polar surface area (TPSA) is 104 Å². The third-order valence-corrected chi connectivity index (χ3v) is 3.14. The molecular formula is C14H27N3O4. The van der Waals surface area contributed by atoms with Gasteiger partial charge in [-0.3, -0.25) is 14.4 Å². The second-order valence-corrected chi connectivity index (χ2v) is 5.94. The first-order chi connectivity index (χ1) is 9.49. The summed E-state index contributed by atoms with van der Waals surface area (Å²) >= 11 is 0. The minimum absolute atomic E-state index is 0.0389. The van der Waals surface area contributed by atoms with E-state index in [-0.39, 0.29) is 18.9 Å². The van der Waals surface area contributed by atoms with Crippen molar-refractivity contribution in [2.45, 2.75) is 51.7 Å². The molecule has 0 aromatic carbocycles. The zero-order chi connectivity index (χ0) is 16.8. The molecule has 0 radical (unpaired) electrons. The maximum absolute atomic E-state index is 12.1. The lowest BCUT2D eigenvalue weighted by Gasteiger charge is -2.31. The smallest absolute Gasteiger partial charge is 0.242 e. The van der Waals surface area contributed by atoms with Crippen LogP contribution in [0.2, 0.25) is 0 Å². The Morgan fingerprint density at radius 3 is 2.10 bits per heavy atom. The summed E-state index contributed by atoms with van der Waals surface area (Å²) in [6.07, 6.45) is 1.11. The summed E-state index contributed by atoms with van der Waals surface area (Å²) in [6.45, 7) is 4.84. The lowest BCUT2D eigenvalue weighted by molar-refractivity contribution is -0.143. The van der Waals surface area contributed by atoms with Crippen LogP contribution in [-0.2, 0) is 14.4 Å². The van der Waals surface area contributed by atoms with Gasteiger partial charge in [-0.2, -0.15) is 0 Å². The van der Waals surface area contributed by atoms with E-state index in [1.165, 1.54) is 30.7 Å². The van der Waals surface area contributed by atoms with Gasteiger partial charge in [0, 0.05) is 26.9 Å². The van der Waals surface area contributed by atoms with Gasteiger partial charge < -0.3 is 20.6 Å². The highest BCUT2D eigenvalue weighted by Crippen LogP contribution is 2.15. The van der Waals surface area contributed by atoms with Crippen LogP contribution >= 0.6 is 0 Å². The van der Waals surface area contributed by atoms with Gasteiger partial charge in [0.2, 0.25) is 17.7 Å². The van der Waals surface area contributed by atoms with Crippen molar-refractivity contribution < 1.29 is 19.5 Å². The van der Waals surface area contributed by atoms with Gasteiger partial charge in [-0.15, -0.1) is 0 Å². The van der Waals surface area contributed by atoms with Gasteiger partial charge in [-0.1, -0.05) is 6.92 Å². The summed E-state index contributed by atoms with van der Waals surface area (Å²) in [5.41, 5.74) is 4.17. The monoisotopic (exact) mass is 301 g/mol. The number of nitrogens with zero attached hydrogens (tertiary/aromatic N) is 2. The number of carbonyl (C=O) groups excluding carboxylic acids is 3. The molecule has 0 bridgehead atoms. The normalized spacial score (nSPS) is 12.7.